The van der Waals surface area contributed by atoms with Crippen molar-refractivity contribution in [3.8, 4) is 17.6 Å². The van der Waals surface area contributed by atoms with Crippen LogP contribution in [-0.4, -0.2) is 51.2 Å². The van der Waals surface area contributed by atoms with Crippen LogP contribution in [0.2, 0.25) is 0 Å². The third-order valence-corrected chi connectivity index (χ3v) is 6.46. The van der Waals surface area contributed by atoms with Crippen LogP contribution in [0.4, 0.5) is 20.4 Å². The van der Waals surface area contributed by atoms with Crippen molar-refractivity contribution < 1.29 is 18.3 Å². The van der Waals surface area contributed by atoms with Crippen molar-refractivity contribution in [1.29, 1.82) is 0 Å². The van der Waals surface area contributed by atoms with Crippen LogP contribution in [0.3, 0.4) is 0 Å². The summed E-state index contributed by atoms with van der Waals surface area (Å²) >= 11 is 0. The Morgan fingerprint density at radius 1 is 1.06 bits per heavy atom. The van der Waals surface area contributed by atoms with E-state index in [1.54, 1.807) is 18.0 Å². The highest BCUT2D eigenvalue weighted by Crippen LogP contribution is 2.40. The lowest BCUT2D eigenvalue weighted by Crippen LogP contribution is -2.48. The Bertz CT molecular complexity index is 1140. The Hall–Kier alpha value is -3.50. The zero-order valence-corrected chi connectivity index (χ0v) is 19.3. The Morgan fingerprint density at radius 3 is 2.41 bits per heavy atom. The second kappa shape index (κ2) is 9.03. The Labute approximate surface area is 196 Å². The molecule has 0 spiro atoms. The van der Waals surface area contributed by atoms with Gasteiger partial charge in [0.15, 0.2) is 0 Å². The zero-order chi connectivity index (χ0) is 23.8. The standard InChI is InChI=1S/C23H27F2N7O2/c1-13(2)32-23(34-19-7-16(24)6-17(25)8-19)28-22(30-32)27-21-14-4-5-15(21)12-31(11-14)18-9-20(33-3)29-26-10-18/h6-10,13-15,21H,4-5,11-12H2,1-3H3,(H,27,30)/t14-,15+,21+. The first-order valence-electron chi connectivity index (χ1n) is 11.4. The van der Waals surface area contributed by atoms with Crippen LogP contribution in [0.5, 0.6) is 17.6 Å². The number of hydrogen-bond acceptors (Lipinski definition) is 8. The van der Waals surface area contributed by atoms with Crippen molar-refractivity contribution >= 4 is 11.6 Å². The monoisotopic (exact) mass is 471 g/mol. The predicted octanol–water partition coefficient (Wildman–Crippen LogP) is 4.06. The normalized spacial score (nSPS) is 21.7. The number of ether oxygens (including phenoxy) is 2. The molecule has 0 radical (unpaired) electrons. The van der Waals surface area contributed by atoms with E-state index in [4.69, 9.17) is 9.47 Å². The molecule has 2 aromatic heterocycles. The molecule has 1 saturated heterocycles. The van der Waals surface area contributed by atoms with Crippen LogP contribution >= 0.6 is 0 Å². The first-order valence-corrected chi connectivity index (χ1v) is 11.4. The molecule has 3 aromatic rings. The number of aromatic nitrogens is 5. The molecule has 3 atom stereocenters. The van der Waals surface area contributed by atoms with E-state index in [1.807, 2.05) is 19.9 Å². The van der Waals surface area contributed by atoms with E-state index in [1.165, 1.54) is 0 Å². The number of hydrogen-bond donors (Lipinski definition) is 1. The van der Waals surface area contributed by atoms with Crippen molar-refractivity contribution in [1.82, 2.24) is 25.0 Å². The van der Waals surface area contributed by atoms with Gasteiger partial charge in [0.1, 0.15) is 17.4 Å². The summed E-state index contributed by atoms with van der Waals surface area (Å²) < 4.78 is 39.7. The highest BCUT2D eigenvalue weighted by Gasteiger charge is 2.43. The largest absolute Gasteiger partial charge is 0.480 e. The lowest BCUT2D eigenvalue weighted by molar-refractivity contribution is 0.371. The molecule has 2 fully saturated rings. The molecule has 2 bridgehead atoms. The lowest BCUT2D eigenvalue weighted by Gasteiger charge is -2.39. The van der Waals surface area contributed by atoms with Crippen molar-refractivity contribution in [3.05, 3.63) is 42.1 Å². The predicted molar refractivity (Wildman–Crippen MR) is 121 cm³/mol. The van der Waals surface area contributed by atoms with Crippen molar-refractivity contribution in [2.75, 3.05) is 30.4 Å². The summed E-state index contributed by atoms with van der Waals surface area (Å²) in [4.78, 5) is 6.83. The lowest BCUT2D eigenvalue weighted by atomic mass is 9.92. The first kappa shape index (κ1) is 22.3. The van der Waals surface area contributed by atoms with Gasteiger partial charge >= 0.3 is 6.01 Å². The summed E-state index contributed by atoms with van der Waals surface area (Å²) in [5.41, 5.74) is 1.00. The van der Waals surface area contributed by atoms with Gasteiger partial charge in [0.25, 0.3) is 0 Å². The fourth-order valence-electron chi connectivity index (χ4n) is 4.90. The van der Waals surface area contributed by atoms with Crippen molar-refractivity contribution in [2.45, 2.75) is 38.8 Å². The highest BCUT2D eigenvalue weighted by atomic mass is 19.1. The molecule has 9 nitrogen and oxygen atoms in total. The second-order valence-corrected chi connectivity index (χ2v) is 9.09. The topological polar surface area (TPSA) is 90.2 Å². The number of nitrogens with one attached hydrogen (secondary N) is 1. The average Bonchev–Trinajstić information content (AvgIpc) is 3.29. The molecule has 1 saturated carbocycles. The molecular formula is C23H27F2N7O2. The molecule has 1 aliphatic heterocycles. The number of anilines is 2. The summed E-state index contributed by atoms with van der Waals surface area (Å²) in [5, 5.41) is 16.1. The fourth-order valence-corrected chi connectivity index (χ4v) is 4.90. The van der Waals surface area contributed by atoms with Crippen LogP contribution in [0.1, 0.15) is 32.7 Å². The maximum atomic E-state index is 13.6. The van der Waals surface area contributed by atoms with Crippen LogP contribution in [-0.2, 0) is 0 Å². The molecule has 180 valence electrons. The number of piperidine rings is 1. The molecule has 2 aliphatic rings. The second-order valence-electron chi connectivity index (χ2n) is 9.09. The minimum atomic E-state index is -0.714. The number of halogens is 2. The quantitative estimate of drug-likeness (QED) is 0.552. The third kappa shape index (κ3) is 4.46. The summed E-state index contributed by atoms with van der Waals surface area (Å²) in [5.74, 6) is 0.371. The minimum absolute atomic E-state index is 0.0353. The van der Waals surface area contributed by atoms with Gasteiger partial charge in [-0.1, -0.05) is 0 Å². The van der Waals surface area contributed by atoms with E-state index >= 15 is 0 Å². The van der Waals surface area contributed by atoms with Crippen LogP contribution in [0, 0.1) is 23.5 Å². The summed E-state index contributed by atoms with van der Waals surface area (Å²) in [6.07, 6.45) is 3.97. The van der Waals surface area contributed by atoms with Gasteiger partial charge < -0.3 is 19.7 Å². The zero-order valence-electron chi connectivity index (χ0n) is 19.3. The molecule has 5 rings (SSSR count). The van der Waals surface area contributed by atoms with Gasteiger partial charge in [-0.15, -0.1) is 10.2 Å². The van der Waals surface area contributed by atoms with E-state index in [0.29, 0.717) is 23.7 Å². The van der Waals surface area contributed by atoms with Crippen LogP contribution < -0.4 is 19.7 Å². The minimum Gasteiger partial charge on any atom is -0.480 e. The molecule has 1 aromatic carbocycles. The molecule has 11 heteroatoms. The summed E-state index contributed by atoms with van der Waals surface area (Å²) in [7, 11) is 1.58. The molecule has 0 unspecified atom stereocenters. The summed E-state index contributed by atoms with van der Waals surface area (Å²) in [6, 6.07) is 5.29. The molecule has 1 N–H and O–H groups in total. The van der Waals surface area contributed by atoms with E-state index in [2.05, 4.69) is 30.5 Å². The van der Waals surface area contributed by atoms with E-state index in [9.17, 15) is 8.78 Å². The smallest absolute Gasteiger partial charge is 0.322 e. The Morgan fingerprint density at radius 2 is 1.76 bits per heavy atom. The van der Waals surface area contributed by atoms with Gasteiger partial charge in [0.05, 0.1) is 25.0 Å². The van der Waals surface area contributed by atoms with Crippen LogP contribution in [0.25, 0.3) is 0 Å². The molecule has 0 amide bonds. The number of nitrogens with zero attached hydrogens (tertiary/aromatic N) is 6. The van der Waals surface area contributed by atoms with E-state index in [0.717, 1.165) is 49.8 Å². The third-order valence-electron chi connectivity index (χ3n) is 6.46. The van der Waals surface area contributed by atoms with Gasteiger partial charge in [0, 0.05) is 43.4 Å². The Kier molecular flexibility index (Phi) is 5.93. The van der Waals surface area contributed by atoms with E-state index < -0.39 is 11.6 Å². The first-order chi connectivity index (χ1) is 16.4. The summed E-state index contributed by atoms with van der Waals surface area (Å²) in [6.45, 7) is 5.63. The van der Waals surface area contributed by atoms with Crippen molar-refractivity contribution in [3.63, 3.8) is 0 Å². The highest BCUT2D eigenvalue weighted by molar-refractivity contribution is 5.48. The van der Waals surface area contributed by atoms with Gasteiger partial charge in [-0.2, -0.15) is 10.1 Å². The SMILES string of the molecule is COc1cc(N2C[C@H]3CC[C@@H](C2)[C@H]3Nc2nc(Oc3cc(F)cc(F)c3)n(C(C)C)n2)cnn1. The maximum absolute atomic E-state index is 13.6. The molecular weight excluding hydrogens is 444 g/mol. The van der Waals surface area contributed by atoms with Gasteiger partial charge in [-0.05, 0) is 38.5 Å². The van der Waals surface area contributed by atoms with E-state index in [-0.39, 0.29) is 23.8 Å². The van der Waals surface area contributed by atoms with Crippen LogP contribution in [0.15, 0.2) is 30.5 Å². The maximum Gasteiger partial charge on any atom is 0.322 e. The Balaban J connectivity index is 1.32. The van der Waals surface area contributed by atoms with Gasteiger partial charge in [0.2, 0.25) is 11.8 Å². The van der Waals surface area contributed by atoms with Gasteiger partial charge in [-0.25, -0.2) is 13.5 Å². The number of benzene rings is 1. The molecule has 1 aliphatic carbocycles. The number of rotatable bonds is 7. The van der Waals surface area contributed by atoms with Gasteiger partial charge in [-0.3, -0.25) is 0 Å². The fraction of sp³-hybridized carbons (Fsp3) is 0.478. The average molecular weight is 472 g/mol. The molecule has 3 heterocycles. The number of methoxy groups -OCH3 is 1. The van der Waals surface area contributed by atoms with Crippen molar-refractivity contribution in [2.24, 2.45) is 11.8 Å². The number of fused-ring (bicyclic) bond motifs is 2. The molecule has 34 heavy (non-hydrogen) atoms.